The lowest BCUT2D eigenvalue weighted by Gasteiger charge is -2.55. The van der Waals surface area contributed by atoms with Gasteiger partial charge in [-0.1, -0.05) is 96.6 Å². The molecular formula is C42H35NO6. The van der Waals surface area contributed by atoms with Crippen molar-refractivity contribution in [3.63, 3.8) is 0 Å². The molecule has 1 aliphatic heterocycles. The Kier molecular flexibility index (Phi) is 7.43. The van der Waals surface area contributed by atoms with Gasteiger partial charge < -0.3 is 9.84 Å². The minimum Gasteiger partial charge on any atom is -0.504 e. The fourth-order valence-electron chi connectivity index (χ4n) is 9.06. The lowest BCUT2D eigenvalue weighted by molar-refractivity contribution is -0.135. The zero-order chi connectivity index (χ0) is 33.9. The minimum absolute atomic E-state index is 0.0339. The van der Waals surface area contributed by atoms with Crippen LogP contribution in [0.5, 0.6) is 11.5 Å². The molecule has 244 valence electrons. The van der Waals surface area contributed by atoms with Crippen molar-refractivity contribution in [1.82, 2.24) is 0 Å². The minimum atomic E-state index is -1.35. The normalized spacial score (nSPS) is 27.5. The van der Waals surface area contributed by atoms with Crippen LogP contribution in [-0.2, 0) is 24.6 Å². The summed E-state index contributed by atoms with van der Waals surface area (Å²) in [5.41, 5.74) is 2.45. The number of para-hydroxylation sites is 1. The van der Waals surface area contributed by atoms with E-state index in [1.807, 2.05) is 79.7 Å². The van der Waals surface area contributed by atoms with Crippen molar-refractivity contribution in [2.24, 2.45) is 23.7 Å². The summed E-state index contributed by atoms with van der Waals surface area (Å²) >= 11 is 0. The largest absolute Gasteiger partial charge is 0.504 e. The van der Waals surface area contributed by atoms with Gasteiger partial charge in [0, 0.05) is 17.4 Å². The van der Waals surface area contributed by atoms with E-state index in [1.165, 1.54) is 11.0 Å². The number of rotatable bonds is 6. The Hall–Kier alpha value is -5.56. The lowest BCUT2D eigenvalue weighted by atomic mass is 9.44. The van der Waals surface area contributed by atoms with Crippen molar-refractivity contribution in [3.05, 3.63) is 144 Å². The van der Waals surface area contributed by atoms with Gasteiger partial charge in [0.15, 0.2) is 23.1 Å². The van der Waals surface area contributed by atoms with Gasteiger partial charge in [-0.2, -0.15) is 0 Å². The molecule has 49 heavy (non-hydrogen) atoms. The van der Waals surface area contributed by atoms with Gasteiger partial charge in [-0.25, -0.2) is 0 Å². The Morgan fingerprint density at radius 2 is 1.49 bits per heavy atom. The Morgan fingerprint density at radius 3 is 2.18 bits per heavy atom. The molecular weight excluding hydrogens is 614 g/mol. The molecule has 0 bridgehead atoms. The van der Waals surface area contributed by atoms with Crippen molar-refractivity contribution in [2.75, 3.05) is 11.5 Å². The van der Waals surface area contributed by atoms with E-state index in [2.05, 4.69) is 0 Å². The molecule has 1 saturated heterocycles. The molecule has 1 saturated carbocycles. The second-order valence-electron chi connectivity index (χ2n) is 13.3. The first-order valence-corrected chi connectivity index (χ1v) is 16.9. The summed E-state index contributed by atoms with van der Waals surface area (Å²) in [6.45, 7) is 2.14. The first-order chi connectivity index (χ1) is 23.9. The smallest absolute Gasteiger partial charge is 0.238 e. The maximum Gasteiger partial charge on any atom is 0.238 e. The summed E-state index contributed by atoms with van der Waals surface area (Å²) in [7, 11) is 0. The number of nitrogens with zero attached hydrogens (tertiary/aromatic N) is 1. The maximum absolute atomic E-state index is 15.1. The number of imide groups is 1. The number of Topliss-reactive ketones (excluding diaryl/α,β-unsaturated/α-hetero) is 1. The van der Waals surface area contributed by atoms with E-state index < -0.39 is 35.0 Å². The molecule has 4 aromatic rings. The highest BCUT2D eigenvalue weighted by atomic mass is 16.5. The highest BCUT2D eigenvalue weighted by molar-refractivity contribution is 6.32. The highest BCUT2D eigenvalue weighted by Gasteiger charge is 2.66. The third-order valence-corrected chi connectivity index (χ3v) is 11.0. The number of phenols is 1. The third kappa shape index (κ3) is 4.55. The van der Waals surface area contributed by atoms with E-state index in [-0.39, 0.29) is 41.3 Å². The molecule has 4 aliphatic rings. The third-order valence-electron chi connectivity index (χ3n) is 11.0. The summed E-state index contributed by atoms with van der Waals surface area (Å²) in [6.07, 6.45) is 4.11. The molecule has 7 nitrogen and oxygen atoms in total. The van der Waals surface area contributed by atoms with Gasteiger partial charge in [-0.05, 0) is 72.7 Å². The molecule has 4 aromatic carbocycles. The SMILES string of the molecule is CCOc1cc(C2C3=CCC4C(=O)N(c5ccccc5)C(=O)C4C3CC3C(=O)C(c4ccccc4)=CC(=O)C32c2ccccc2)ccc1O. The maximum atomic E-state index is 15.1. The second-order valence-corrected chi connectivity index (χ2v) is 13.3. The van der Waals surface area contributed by atoms with Crippen LogP contribution in [0.2, 0.25) is 0 Å². The van der Waals surface area contributed by atoms with Gasteiger partial charge in [0.25, 0.3) is 0 Å². The number of fused-ring (bicyclic) bond motifs is 4. The molecule has 0 spiro atoms. The molecule has 7 heteroatoms. The van der Waals surface area contributed by atoms with Crippen LogP contribution in [0.15, 0.2) is 127 Å². The number of hydrogen-bond acceptors (Lipinski definition) is 6. The highest BCUT2D eigenvalue weighted by Crippen LogP contribution is 2.64. The topological polar surface area (TPSA) is 101 Å². The summed E-state index contributed by atoms with van der Waals surface area (Å²) < 4.78 is 5.83. The lowest BCUT2D eigenvalue weighted by Crippen LogP contribution is -2.58. The zero-order valence-corrected chi connectivity index (χ0v) is 27.0. The molecule has 2 amide bonds. The van der Waals surface area contributed by atoms with Crippen LogP contribution in [0, 0.1) is 23.7 Å². The first-order valence-electron chi connectivity index (χ1n) is 16.9. The number of ketones is 2. The van der Waals surface area contributed by atoms with Gasteiger partial charge in [-0.15, -0.1) is 0 Å². The number of ether oxygens (including phenoxy) is 1. The van der Waals surface area contributed by atoms with Gasteiger partial charge >= 0.3 is 0 Å². The second kappa shape index (κ2) is 11.8. The van der Waals surface area contributed by atoms with E-state index >= 15 is 9.59 Å². The summed E-state index contributed by atoms with van der Waals surface area (Å²) in [6, 6.07) is 32.7. The van der Waals surface area contributed by atoms with Crippen molar-refractivity contribution in [3.8, 4) is 11.5 Å². The fraction of sp³-hybridized carbons (Fsp3) is 0.238. The van der Waals surface area contributed by atoms with Crippen molar-refractivity contribution >= 4 is 34.6 Å². The van der Waals surface area contributed by atoms with Crippen LogP contribution in [0.4, 0.5) is 5.69 Å². The van der Waals surface area contributed by atoms with Crippen LogP contribution in [0.25, 0.3) is 5.57 Å². The number of hydrogen-bond donors (Lipinski definition) is 1. The number of carbonyl (C=O) groups excluding carboxylic acids is 4. The van der Waals surface area contributed by atoms with Crippen LogP contribution in [-0.4, -0.2) is 35.1 Å². The summed E-state index contributed by atoms with van der Waals surface area (Å²) in [5.74, 6) is -3.92. The van der Waals surface area contributed by atoms with Crippen molar-refractivity contribution < 1.29 is 29.0 Å². The van der Waals surface area contributed by atoms with E-state index in [1.54, 1.807) is 42.5 Å². The Balaban J connectivity index is 1.37. The Labute approximate surface area is 284 Å². The van der Waals surface area contributed by atoms with Crippen LogP contribution >= 0.6 is 0 Å². The fourth-order valence-corrected chi connectivity index (χ4v) is 9.06. The number of carbonyl (C=O) groups is 4. The van der Waals surface area contributed by atoms with Crippen LogP contribution in [0.3, 0.4) is 0 Å². The standard InChI is InChI=1S/C42H35NO6/c1-2-49-35-22-26(18-21-34(35)44)38-29-19-20-30-37(41(48)43(40(30)47)28-16-10-5-11-17-28)32(29)23-33-39(46)31(25-12-6-3-7-13-25)24-36(45)42(33,38)27-14-8-4-9-15-27/h3-19,21-22,24,30,32-33,37-38,44H,2,20,23H2,1H3. The zero-order valence-electron chi connectivity index (χ0n) is 27.0. The van der Waals surface area contributed by atoms with Crippen molar-refractivity contribution in [1.29, 1.82) is 0 Å². The van der Waals surface area contributed by atoms with Crippen LogP contribution in [0.1, 0.15) is 42.4 Å². The Bertz CT molecular complexity index is 2050. The van der Waals surface area contributed by atoms with Crippen molar-refractivity contribution in [2.45, 2.75) is 31.1 Å². The van der Waals surface area contributed by atoms with Crippen LogP contribution < -0.4 is 9.64 Å². The summed E-state index contributed by atoms with van der Waals surface area (Å²) in [5, 5.41) is 10.7. The van der Waals surface area contributed by atoms with Gasteiger partial charge in [0.05, 0.1) is 29.5 Å². The van der Waals surface area contributed by atoms with Gasteiger partial charge in [-0.3, -0.25) is 24.1 Å². The monoisotopic (exact) mass is 649 g/mol. The average Bonchev–Trinajstić information content (AvgIpc) is 3.40. The molecule has 2 fully saturated rings. The molecule has 0 radical (unpaired) electrons. The number of aromatic hydroxyl groups is 1. The van der Waals surface area contributed by atoms with E-state index in [0.29, 0.717) is 41.0 Å². The number of benzene rings is 4. The number of amides is 2. The van der Waals surface area contributed by atoms with E-state index in [9.17, 15) is 14.7 Å². The number of phenolic OH excluding ortho intramolecular Hbond substituents is 1. The number of allylic oxidation sites excluding steroid dienone is 4. The molecule has 6 atom stereocenters. The quantitative estimate of drug-likeness (QED) is 0.182. The van der Waals surface area contributed by atoms with Gasteiger partial charge in [0.1, 0.15) is 0 Å². The average molecular weight is 650 g/mol. The first kappa shape index (κ1) is 30.8. The molecule has 1 N–H and O–H groups in total. The predicted octanol–water partition coefficient (Wildman–Crippen LogP) is 6.82. The molecule has 6 unspecified atom stereocenters. The van der Waals surface area contributed by atoms with E-state index in [4.69, 9.17) is 4.74 Å². The summed E-state index contributed by atoms with van der Waals surface area (Å²) in [4.78, 5) is 59.8. The number of anilines is 1. The molecule has 1 heterocycles. The molecule has 8 rings (SSSR count). The predicted molar refractivity (Wildman–Crippen MR) is 185 cm³/mol. The van der Waals surface area contributed by atoms with E-state index in [0.717, 1.165) is 5.57 Å². The molecule has 0 aromatic heterocycles. The Morgan fingerprint density at radius 1 is 0.816 bits per heavy atom. The van der Waals surface area contributed by atoms with Gasteiger partial charge in [0.2, 0.25) is 11.8 Å². The molecule has 3 aliphatic carbocycles.